The number of ether oxygens (including phenoxy) is 1. The normalized spacial score (nSPS) is 13.2. The van der Waals surface area contributed by atoms with Crippen molar-refractivity contribution in [2.45, 2.75) is 33.6 Å². The van der Waals surface area contributed by atoms with Gasteiger partial charge >= 0.3 is 0 Å². The topological polar surface area (TPSA) is 26.3 Å². The molecule has 0 heterocycles. The van der Waals surface area contributed by atoms with E-state index in [2.05, 4.69) is 0 Å². The maximum Gasteiger partial charge on any atom is 0.229 e. The minimum Gasteiger partial charge on any atom is -0.491 e. The molecule has 1 rings (SSSR count). The molecule has 0 aliphatic heterocycles. The van der Waals surface area contributed by atoms with Gasteiger partial charge in [0.05, 0.1) is 12.5 Å². The van der Waals surface area contributed by atoms with Gasteiger partial charge in [-0.1, -0.05) is 26.8 Å². The molecule has 0 saturated heterocycles. The van der Waals surface area contributed by atoms with E-state index in [1.54, 1.807) is 13.0 Å². The van der Waals surface area contributed by atoms with E-state index < -0.39 is 17.0 Å². The van der Waals surface area contributed by atoms with Crippen LogP contribution in [0, 0.1) is 11.2 Å². The van der Waals surface area contributed by atoms with Crippen molar-refractivity contribution in [3.05, 3.63) is 29.6 Å². The van der Waals surface area contributed by atoms with Crippen molar-refractivity contribution in [3.8, 4) is 5.75 Å². The van der Waals surface area contributed by atoms with Crippen molar-refractivity contribution in [3.63, 3.8) is 0 Å². The summed E-state index contributed by atoms with van der Waals surface area (Å²) in [6.07, 6.45) is 0. The summed E-state index contributed by atoms with van der Waals surface area (Å²) in [5.41, 5.74) is 0.210. The lowest BCUT2D eigenvalue weighted by Crippen LogP contribution is -2.23. The van der Waals surface area contributed by atoms with Crippen LogP contribution < -0.4 is 4.74 Å². The van der Waals surface area contributed by atoms with E-state index in [4.69, 9.17) is 16.3 Å². The molecule has 1 aromatic rings. The van der Waals surface area contributed by atoms with Crippen LogP contribution in [0.2, 0.25) is 0 Å². The van der Waals surface area contributed by atoms with Gasteiger partial charge in [-0.2, -0.15) is 0 Å². The Morgan fingerprint density at radius 2 is 2.06 bits per heavy atom. The maximum absolute atomic E-state index is 13.8. The van der Waals surface area contributed by atoms with Crippen LogP contribution in [0.3, 0.4) is 0 Å². The van der Waals surface area contributed by atoms with Gasteiger partial charge in [0, 0.05) is 0 Å². The van der Waals surface area contributed by atoms with E-state index in [0.717, 1.165) is 0 Å². The van der Waals surface area contributed by atoms with Crippen LogP contribution in [-0.4, -0.2) is 11.8 Å². The fourth-order valence-electron chi connectivity index (χ4n) is 1.94. The van der Waals surface area contributed by atoms with Crippen LogP contribution >= 0.6 is 11.6 Å². The van der Waals surface area contributed by atoms with Crippen LogP contribution in [0.15, 0.2) is 18.2 Å². The highest BCUT2D eigenvalue weighted by Gasteiger charge is 2.32. The molecule has 0 aliphatic carbocycles. The van der Waals surface area contributed by atoms with Crippen molar-refractivity contribution in [2.75, 3.05) is 6.61 Å². The summed E-state index contributed by atoms with van der Waals surface area (Å²) in [5.74, 6) is -0.818. The number of halogens is 2. The Labute approximate surface area is 112 Å². The standard InChI is InChI=1S/C14H18ClFO2/c1-5-18-11-7-6-9(8-10(11)16)12(13(15)17)14(2,3)4/h6-8,12H,5H2,1-4H3. The van der Waals surface area contributed by atoms with Crippen LogP contribution in [-0.2, 0) is 4.79 Å². The van der Waals surface area contributed by atoms with Crippen molar-refractivity contribution in [1.82, 2.24) is 0 Å². The minimum atomic E-state index is -0.538. The number of benzene rings is 1. The zero-order valence-electron chi connectivity index (χ0n) is 11.1. The fraction of sp³-hybridized carbons (Fsp3) is 0.500. The first-order valence-electron chi connectivity index (χ1n) is 5.89. The predicted octanol–water partition coefficient (Wildman–Crippen LogP) is 4.12. The summed E-state index contributed by atoms with van der Waals surface area (Å²) in [7, 11) is 0. The molecule has 1 atom stereocenters. The van der Waals surface area contributed by atoms with Crippen LogP contribution in [0.1, 0.15) is 39.2 Å². The quantitative estimate of drug-likeness (QED) is 0.771. The molecule has 1 unspecified atom stereocenters. The molecular weight excluding hydrogens is 255 g/mol. The van der Waals surface area contributed by atoms with E-state index in [0.29, 0.717) is 12.2 Å². The monoisotopic (exact) mass is 272 g/mol. The molecule has 1 aromatic carbocycles. The number of carbonyl (C=O) groups excluding carboxylic acids is 1. The fourth-order valence-corrected chi connectivity index (χ4v) is 2.39. The Morgan fingerprint density at radius 3 is 2.44 bits per heavy atom. The largest absolute Gasteiger partial charge is 0.491 e. The Hall–Kier alpha value is -1.09. The third kappa shape index (κ3) is 3.45. The second-order valence-corrected chi connectivity index (χ2v) is 5.60. The third-order valence-corrected chi connectivity index (χ3v) is 2.90. The highest BCUT2D eigenvalue weighted by Crippen LogP contribution is 2.38. The maximum atomic E-state index is 13.8. The highest BCUT2D eigenvalue weighted by molar-refractivity contribution is 6.64. The van der Waals surface area contributed by atoms with E-state index in [1.807, 2.05) is 20.8 Å². The molecule has 100 valence electrons. The molecule has 0 radical (unpaired) electrons. The molecular formula is C14H18ClFO2. The zero-order chi connectivity index (χ0) is 13.9. The summed E-state index contributed by atoms with van der Waals surface area (Å²) in [4.78, 5) is 11.5. The molecule has 0 bridgehead atoms. The van der Waals surface area contributed by atoms with Gasteiger partial charge in [0.25, 0.3) is 0 Å². The zero-order valence-corrected chi connectivity index (χ0v) is 11.8. The van der Waals surface area contributed by atoms with Gasteiger partial charge in [-0.05, 0) is 41.6 Å². The Kier molecular flexibility index (Phi) is 4.74. The number of carbonyl (C=O) groups is 1. The molecule has 0 aromatic heterocycles. The average Bonchev–Trinajstić information content (AvgIpc) is 2.19. The van der Waals surface area contributed by atoms with Gasteiger partial charge in [-0.15, -0.1) is 0 Å². The van der Waals surface area contributed by atoms with Gasteiger partial charge in [0.2, 0.25) is 5.24 Å². The predicted molar refractivity (Wildman–Crippen MR) is 70.6 cm³/mol. The minimum absolute atomic E-state index is 0.191. The molecule has 0 fully saturated rings. The summed E-state index contributed by atoms with van der Waals surface area (Å²) in [6.45, 7) is 7.87. The second kappa shape index (κ2) is 5.70. The first-order chi connectivity index (χ1) is 8.27. The van der Waals surface area contributed by atoms with Crippen LogP contribution in [0.25, 0.3) is 0 Å². The average molecular weight is 273 g/mol. The summed E-state index contributed by atoms with van der Waals surface area (Å²) in [5, 5.41) is -0.481. The van der Waals surface area contributed by atoms with Gasteiger partial charge < -0.3 is 4.74 Å². The molecule has 0 amide bonds. The highest BCUT2D eigenvalue weighted by atomic mass is 35.5. The Morgan fingerprint density at radius 1 is 1.44 bits per heavy atom. The van der Waals surface area contributed by atoms with Crippen molar-refractivity contribution < 1.29 is 13.9 Å². The molecule has 18 heavy (non-hydrogen) atoms. The molecule has 0 N–H and O–H groups in total. The molecule has 4 heteroatoms. The Bertz CT molecular complexity index is 438. The van der Waals surface area contributed by atoms with E-state index >= 15 is 0 Å². The third-order valence-electron chi connectivity index (χ3n) is 2.68. The van der Waals surface area contributed by atoms with Gasteiger partial charge in [0.1, 0.15) is 0 Å². The van der Waals surface area contributed by atoms with E-state index in [-0.39, 0.29) is 11.2 Å². The van der Waals surface area contributed by atoms with Gasteiger partial charge in [0.15, 0.2) is 11.6 Å². The SMILES string of the molecule is CCOc1ccc(C(C(=O)Cl)C(C)(C)C)cc1F. The van der Waals surface area contributed by atoms with Crippen molar-refractivity contribution >= 4 is 16.8 Å². The van der Waals surface area contributed by atoms with Gasteiger partial charge in [-0.3, -0.25) is 4.79 Å². The summed E-state index contributed by atoms with van der Waals surface area (Å²) < 4.78 is 18.9. The van der Waals surface area contributed by atoms with Crippen LogP contribution in [0.5, 0.6) is 5.75 Å². The molecule has 0 aliphatic rings. The Balaban J connectivity index is 3.16. The smallest absolute Gasteiger partial charge is 0.229 e. The number of rotatable bonds is 4. The van der Waals surface area contributed by atoms with E-state index in [1.165, 1.54) is 12.1 Å². The van der Waals surface area contributed by atoms with Gasteiger partial charge in [-0.25, -0.2) is 4.39 Å². The molecule has 0 saturated carbocycles. The number of hydrogen-bond donors (Lipinski definition) is 0. The summed E-state index contributed by atoms with van der Waals surface area (Å²) >= 11 is 5.62. The second-order valence-electron chi connectivity index (χ2n) is 5.23. The van der Waals surface area contributed by atoms with Crippen LogP contribution in [0.4, 0.5) is 4.39 Å². The number of hydrogen-bond acceptors (Lipinski definition) is 2. The van der Waals surface area contributed by atoms with Crippen molar-refractivity contribution in [2.24, 2.45) is 5.41 Å². The lowest BCUT2D eigenvalue weighted by Gasteiger charge is -2.28. The summed E-state index contributed by atoms with van der Waals surface area (Å²) in [6, 6.07) is 4.54. The first kappa shape index (κ1) is 15.0. The molecule has 2 nitrogen and oxygen atoms in total. The molecule has 0 spiro atoms. The van der Waals surface area contributed by atoms with Crippen molar-refractivity contribution in [1.29, 1.82) is 0 Å². The first-order valence-corrected chi connectivity index (χ1v) is 6.26. The van der Waals surface area contributed by atoms with E-state index in [9.17, 15) is 9.18 Å². The lowest BCUT2D eigenvalue weighted by molar-refractivity contribution is -0.115. The lowest BCUT2D eigenvalue weighted by atomic mass is 9.77.